The lowest BCUT2D eigenvalue weighted by atomic mass is 10.1. The average molecular weight is 429 g/mol. The molecule has 0 amide bonds. The molecule has 3 aromatic carbocycles. The van der Waals surface area contributed by atoms with Crippen LogP contribution in [-0.2, 0) is 0 Å². The Morgan fingerprint density at radius 1 is 0.719 bits per heavy atom. The summed E-state index contributed by atoms with van der Waals surface area (Å²) in [4.78, 5) is 8.80. The van der Waals surface area contributed by atoms with Crippen LogP contribution in [0.3, 0.4) is 0 Å². The van der Waals surface area contributed by atoms with Gasteiger partial charge in [-0.3, -0.25) is 4.98 Å². The Kier molecular flexibility index (Phi) is 6.36. The van der Waals surface area contributed by atoms with Crippen LogP contribution in [0.25, 0.3) is 11.1 Å². The van der Waals surface area contributed by atoms with Crippen molar-refractivity contribution in [2.45, 2.75) is 0 Å². The summed E-state index contributed by atoms with van der Waals surface area (Å²) in [6.07, 6.45) is 3.18. The van der Waals surface area contributed by atoms with Gasteiger partial charge in [-0.1, -0.05) is 48.5 Å². The van der Waals surface area contributed by atoms with Gasteiger partial charge in [-0.15, -0.1) is 0 Å². The molecule has 162 valence electrons. The molecule has 0 unspecified atom stereocenters. The molecule has 0 saturated carbocycles. The number of ether oxygens (including phenoxy) is 4. The Balaban J connectivity index is 1.60. The van der Waals surface area contributed by atoms with Crippen molar-refractivity contribution in [3.05, 3.63) is 79.1 Å². The fourth-order valence-corrected chi connectivity index (χ4v) is 3.28. The molecular formula is C25H23N3O4. The number of methoxy groups -OCH3 is 3. The molecule has 1 aromatic heterocycles. The van der Waals surface area contributed by atoms with Gasteiger partial charge in [-0.2, -0.15) is 4.98 Å². The lowest BCUT2D eigenvalue weighted by molar-refractivity contribution is 0.324. The van der Waals surface area contributed by atoms with E-state index in [1.807, 2.05) is 54.6 Å². The van der Waals surface area contributed by atoms with Crippen LogP contribution in [0.1, 0.15) is 0 Å². The van der Waals surface area contributed by atoms with E-state index in [0.717, 1.165) is 11.1 Å². The van der Waals surface area contributed by atoms with E-state index in [1.54, 1.807) is 45.9 Å². The Morgan fingerprint density at radius 3 is 2.09 bits per heavy atom. The normalized spacial score (nSPS) is 10.3. The number of hydrogen-bond donors (Lipinski definition) is 1. The van der Waals surface area contributed by atoms with E-state index in [9.17, 15) is 0 Å². The second-order valence-electron chi connectivity index (χ2n) is 6.75. The first-order chi connectivity index (χ1) is 15.7. The van der Waals surface area contributed by atoms with Crippen LogP contribution in [-0.4, -0.2) is 31.3 Å². The van der Waals surface area contributed by atoms with Gasteiger partial charge in [0, 0.05) is 23.4 Å². The van der Waals surface area contributed by atoms with E-state index in [-0.39, 0.29) is 0 Å². The Hall–Kier alpha value is -4.26. The van der Waals surface area contributed by atoms with Crippen molar-refractivity contribution in [1.82, 2.24) is 9.97 Å². The average Bonchev–Trinajstić information content (AvgIpc) is 2.84. The van der Waals surface area contributed by atoms with Gasteiger partial charge < -0.3 is 24.3 Å². The molecule has 4 aromatic rings. The van der Waals surface area contributed by atoms with Crippen molar-refractivity contribution < 1.29 is 18.9 Å². The van der Waals surface area contributed by atoms with E-state index in [2.05, 4.69) is 15.3 Å². The van der Waals surface area contributed by atoms with E-state index >= 15 is 0 Å². The van der Waals surface area contributed by atoms with Crippen LogP contribution < -0.4 is 24.3 Å². The zero-order chi connectivity index (χ0) is 22.3. The van der Waals surface area contributed by atoms with Gasteiger partial charge in [0.05, 0.1) is 33.7 Å². The molecule has 4 rings (SSSR count). The second kappa shape index (κ2) is 9.70. The van der Waals surface area contributed by atoms with Crippen LogP contribution in [0.5, 0.6) is 28.9 Å². The number of nitrogens with zero attached hydrogens (tertiary/aromatic N) is 2. The summed E-state index contributed by atoms with van der Waals surface area (Å²) in [7, 11) is 4.70. The molecule has 7 heteroatoms. The molecule has 1 heterocycles. The van der Waals surface area contributed by atoms with Gasteiger partial charge in [0.25, 0.3) is 0 Å². The van der Waals surface area contributed by atoms with Gasteiger partial charge in [0.1, 0.15) is 5.75 Å². The number of hydrogen-bond acceptors (Lipinski definition) is 7. The van der Waals surface area contributed by atoms with Crippen LogP contribution in [0.4, 0.5) is 11.5 Å². The molecule has 0 aliphatic carbocycles. The first-order valence-corrected chi connectivity index (χ1v) is 9.93. The predicted molar refractivity (Wildman–Crippen MR) is 123 cm³/mol. The number of nitrogens with one attached hydrogen (secondary N) is 1. The maximum absolute atomic E-state index is 6.09. The van der Waals surface area contributed by atoms with Crippen molar-refractivity contribution in [3.8, 4) is 40.0 Å². The van der Waals surface area contributed by atoms with E-state index in [1.165, 1.54) is 0 Å². The molecule has 0 radical (unpaired) electrons. The van der Waals surface area contributed by atoms with Crippen LogP contribution in [0.15, 0.2) is 79.1 Å². The summed E-state index contributed by atoms with van der Waals surface area (Å²) >= 11 is 0. The first kappa shape index (κ1) is 21.0. The minimum Gasteiger partial charge on any atom is -0.493 e. The molecule has 0 aliphatic rings. The van der Waals surface area contributed by atoms with Gasteiger partial charge in [-0.25, -0.2) is 0 Å². The summed E-state index contributed by atoms with van der Waals surface area (Å²) in [5, 5.41) is 3.21. The van der Waals surface area contributed by atoms with Crippen molar-refractivity contribution in [2.24, 2.45) is 0 Å². The number of benzene rings is 3. The Morgan fingerprint density at radius 2 is 1.41 bits per heavy atom. The number of rotatable bonds is 8. The highest BCUT2D eigenvalue weighted by Gasteiger charge is 2.14. The standard InChI is InChI=1S/C25H23N3O4/c1-29-21-13-18(14-22(30-2)25(21)31-3)27-23-15-26-16-24(28-23)32-20-12-8-7-11-19(20)17-9-5-4-6-10-17/h4-16H,1-3H3,(H,27,28). The van der Waals surface area contributed by atoms with E-state index < -0.39 is 0 Å². The van der Waals surface area contributed by atoms with Crippen LogP contribution >= 0.6 is 0 Å². The van der Waals surface area contributed by atoms with Crippen molar-refractivity contribution in [1.29, 1.82) is 0 Å². The first-order valence-electron chi connectivity index (χ1n) is 9.93. The molecule has 0 aliphatic heterocycles. The smallest absolute Gasteiger partial charge is 0.239 e. The molecule has 0 spiro atoms. The third kappa shape index (κ3) is 4.57. The summed E-state index contributed by atoms with van der Waals surface area (Å²) < 4.78 is 22.3. The summed E-state index contributed by atoms with van der Waals surface area (Å²) in [6.45, 7) is 0. The van der Waals surface area contributed by atoms with Gasteiger partial charge in [-0.05, 0) is 11.6 Å². The SMILES string of the molecule is COc1cc(Nc2cncc(Oc3ccccc3-c3ccccc3)n2)cc(OC)c1OC. The van der Waals surface area contributed by atoms with E-state index in [0.29, 0.717) is 40.4 Å². The third-order valence-corrected chi connectivity index (χ3v) is 4.74. The predicted octanol–water partition coefficient (Wildman–Crippen LogP) is 5.71. The summed E-state index contributed by atoms with van der Waals surface area (Å²) in [5.41, 5.74) is 2.73. The van der Waals surface area contributed by atoms with Crippen LogP contribution in [0.2, 0.25) is 0 Å². The minimum atomic E-state index is 0.367. The second-order valence-corrected chi connectivity index (χ2v) is 6.75. The minimum absolute atomic E-state index is 0.367. The lowest BCUT2D eigenvalue weighted by Crippen LogP contribution is -2.00. The van der Waals surface area contributed by atoms with Crippen LogP contribution in [0, 0.1) is 0 Å². The molecule has 0 saturated heterocycles. The monoisotopic (exact) mass is 429 g/mol. The van der Waals surface area contributed by atoms with Crippen molar-refractivity contribution in [3.63, 3.8) is 0 Å². The highest BCUT2D eigenvalue weighted by molar-refractivity contribution is 5.71. The number of anilines is 2. The maximum Gasteiger partial charge on any atom is 0.239 e. The molecule has 0 atom stereocenters. The zero-order valence-electron chi connectivity index (χ0n) is 18.0. The maximum atomic E-state index is 6.09. The molecule has 0 bridgehead atoms. The van der Waals surface area contributed by atoms with Gasteiger partial charge >= 0.3 is 0 Å². The summed E-state index contributed by atoms with van der Waals surface area (Å²) in [6, 6.07) is 21.4. The van der Waals surface area contributed by atoms with Gasteiger partial charge in [0.2, 0.25) is 11.6 Å². The lowest BCUT2D eigenvalue weighted by Gasteiger charge is -2.15. The Labute approximate surface area is 186 Å². The molecule has 32 heavy (non-hydrogen) atoms. The Bertz CT molecular complexity index is 1170. The van der Waals surface area contributed by atoms with Crippen molar-refractivity contribution >= 4 is 11.5 Å². The van der Waals surface area contributed by atoms with Gasteiger partial charge in [0.15, 0.2) is 17.3 Å². The summed E-state index contributed by atoms with van der Waals surface area (Å²) in [5.74, 6) is 3.15. The fourth-order valence-electron chi connectivity index (χ4n) is 3.28. The fraction of sp³-hybridized carbons (Fsp3) is 0.120. The number of aromatic nitrogens is 2. The topological polar surface area (TPSA) is 74.7 Å². The number of para-hydroxylation sites is 1. The molecule has 0 fully saturated rings. The quantitative estimate of drug-likeness (QED) is 0.385. The largest absolute Gasteiger partial charge is 0.493 e. The highest BCUT2D eigenvalue weighted by atomic mass is 16.5. The zero-order valence-corrected chi connectivity index (χ0v) is 18.0. The van der Waals surface area contributed by atoms with Crippen molar-refractivity contribution in [2.75, 3.05) is 26.6 Å². The molecular weight excluding hydrogens is 406 g/mol. The highest BCUT2D eigenvalue weighted by Crippen LogP contribution is 2.40. The molecule has 1 N–H and O–H groups in total. The van der Waals surface area contributed by atoms with E-state index in [4.69, 9.17) is 18.9 Å². The third-order valence-electron chi connectivity index (χ3n) is 4.74. The molecule has 7 nitrogen and oxygen atoms in total.